The van der Waals surface area contributed by atoms with Gasteiger partial charge in [-0.05, 0) is 96.3 Å². The van der Waals surface area contributed by atoms with Crippen LogP contribution in [0.5, 0.6) is 0 Å². The Morgan fingerprint density at radius 1 is 0.344 bits per heavy atom. The van der Waals surface area contributed by atoms with Crippen LogP contribution >= 0.6 is 0 Å². The third kappa shape index (κ3) is 49.3. The summed E-state index contributed by atoms with van der Waals surface area (Å²) in [6.07, 6.45) is 68.1. The molecule has 0 aliphatic carbocycles. The number of carbonyl (C=O) groups excluding carboxylic acids is 3. The molecule has 0 aliphatic heterocycles. The lowest BCUT2D eigenvalue weighted by atomic mass is 10.1. The Balaban J connectivity index is 4.46. The standard InChI is InChI=1S/C58H96O6/c1-4-7-10-13-16-19-22-25-28-31-33-36-39-42-45-48-51-57(60)63-54-55(64-58(61)52-49-46-43-40-37-34-30-27-24-21-18-15-12-9-6-3)53-62-56(59)50-47-44-41-38-35-32-29-26-23-20-17-14-11-8-5-2/h7,9-10,12,15-16,18-21,23-25,27-28,30,55H,4-6,8,11,13-14,17,22,26,29,31-54H2,1-3H3/b10-7-,12-9-,18-15-,19-16-,23-20-,24-21-,28-25-,30-27-. The minimum Gasteiger partial charge on any atom is -0.462 e. The maximum absolute atomic E-state index is 12.8. The van der Waals surface area contributed by atoms with Gasteiger partial charge < -0.3 is 14.2 Å². The number of hydrogen-bond acceptors (Lipinski definition) is 6. The minimum atomic E-state index is -0.798. The van der Waals surface area contributed by atoms with Gasteiger partial charge in [0.25, 0.3) is 0 Å². The highest BCUT2D eigenvalue weighted by Crippen LogP contribution is 2.14. The lowest BCUT2D eigenvalue weighted by molar-refractivity contribution is -0.167. The van der Waals surface area contributed by atoms with Crippen molar-refractivity contribution < 1.29 is 28.6 Å². The fourth-order valence-electron chi connectivity index (χ4n) is 6.99. The molecule has 1 atom stereocenters. The topological polar surface area (TPSA) is 78.9 Å². The Labute approximate surface area is 394 Å². The van der Waals surface area contributed by atoms with Gasteiger partial charge in [-0.15, -0.1) is 0 Å². The molecule has 1 unspecified atom stereocenters. The third-order valence-electron chi connectivity index (χ3n) is 10.9. The highest BCUT2D eigenvalue weighted by Gasteiger charge is 2.19. The van der Waals surface area contributed by atoms with Crippen molar-refractivity contribution in [2.24, 2.45) is 0 Å². The number of unbranched alkanes of at least 4 members (excludes halogenated alkanes) is 22. The van der Waals surface area contributed by atoms with Crippen LogP contribution in [0.2, 0.25) is 0 Å². The molecule has 0 aromatic rings. The van der Waals surface area contributed by atoms with Crippen molar-refractivity contribution >= 4 is 17.9 Å². The first-order valence-corrected chi connectivity index (χ1v) is 26.3. The lowest BCUT2D eigenvalue weighted by Gasteiger charge is -2.18. The number of hydrogen-bond donors (Lipinski definition) is 0. The fourth-order valence-corrected chi connectivity index (χ4v) is 6.99. The van der Waals surface area contributed by atoms with Gasteiger partial charge in [0, 0.05) is 19.3 Å². The maximum atomic E-state index is 12.8. The second-order valence-electron chi connectivity index (χ2n) is 17.1. The predicted octanol–water partition coefficient (Wildman–Crippen LogP) is 17.4. The van der Waals surface area contributed by atoms with Crippen molar-refractivity contribution in [3.63, 3.8) is 0 Å². The Morgan fingerprint density at radius 2 is 0.688 bits per heavy atom. The van der Waals surface area contributed by atoms with E-state index in [0.29, 0.717) is 19.3 Å². The zero-order valence-corrected chi connectivity index (χ0v) is 41.5. The van der Waals surface area contributed by atoms with E-state index in [1.54, 1.807) is 0 Å². The highest BCUT2D eigenvalue weighted by molar-refractivity contribution is 5.71. The number of allylic oxidation sites excluding steroid dienone is 16. The normalized spacial score (nSPS) is 12.9. The summed E-state index contributed by atoms with van der Waals surface area (Å²) in [5.74, 6) is -0.937. The van der Waals surface area contributed by atoms with Crippen LogP contribution in [0.3, 0.4) is 0 Å². The van der Waals surface area contributed by atoms with Gasteiger partial charge in [0.15, 0.2) is 6.10 Å². The Kier molecular flexibility index (Phi) is 49.0. The predicted molar refractivity (Wildman–Crippen MR) is 274 cm³/mol. The molecule has 0 bridgehead atoms. The first-order valence-electron chi connectivity index (χ1n) is 26.3. The van der Waals surface area contributed by atoms with Crippen LogP contribution in [0.15, 0.2) is 97.2 Å². The van der Waals surface area contributed by atoms with Gasteiger partial charge in [-0.2, -0.15) is 0 Å². The molecule has 0 amide bonds. The molecule has 0 rings (SSSR count). The lowest BCUT2D eigenvalue weighted by Crippen LogP contribution is -2.30. The van der Waals surface area contributed by atoms with E-state index in [0.717, 1.165) is 109 Å². The molecule has 0 aromatic heterocycles. The van der Waals surface area contributed by atoms with E-state index in [9.17, 15) is 14.4 Å². The molecule has 0 aromatic carbocycles. The van der Waals surface area contributed by atoms with E-state index < -0.39 is 6.10 Å². The Hall–Kier alpha value is -3.67. The van der Waals surface area contributed by atoms with Crippen LogP contribution in [0.1, 0.15) is 233 Å². The number of carbonyl (C=O) groups is 3. The van der Waals surface area contributed by atoms with E-state index in [1.165, 1.54) is 83.5 Å². The molecule has 0 N–H and O–H groups in total. The Morgan fingerprint density at radius 3 is 1.16 bits per heavy atom. The van der Waals surface area contributed by atoms with Crippen LogP contribution in [0.4, 0.5) is 0 Å². The zero-order chi connectivity index (χ0) is 46.5. The van der Waals surface area contributed by atoms with E-state index in [1.807, 2.05) is 18.2 Å². The number of rotatable bonds is 46. The first-order chi connectivity index (χ1) is 31.5. The summed E-state index contributed by atoms with van der Waals surface area (Å²) in [4.78, 5) is 38.0. The SMILES string of the molecule is CC\C=C/C=C\C=C/C=C\CCCCCCCC(=O)OC(COC(=O)CCCCCCCC/C=C\C/C=C\C/C=C\CC)COC(=O)CCCCCCCCC/C=C\CCCCCC. The molecule has 364 valence electrons. The van der Waals surface area contributed by atoms with Gasteiger partial charge in [0.2, 0.25) is 0 Å². The van der Waals surface area contributed by atoms with Crippen molar-refractivity contribution in [3.05, 3.63) is 97.2 Å². The second-order valence-corrected chi connectivity index (χ2v) is 17.1. The second kappa shape index (κ2) is 52.0. The van der Waals surface area contributed by atoms with Gasteiger partial charge in [0.05, 0.1) is 0 Å². The smallest absolute Gasteiger partial charge is 0.306 e. The molecule has 0 saturated heterocycles. The molecule has 0 aliphatic rings. The zero-order valence-electron chi connectivity index (χ0n) is 41.5. The van der Waals surface area contributed by atoms with Gasteiger partial charge >= 0.3 is 17.9 Å². The van der Waals surface area contributed by atoms with Crippen molar-refractivity contribution in [2.75, 3.05) is 13.2 Å². The summed E-state index contributed by atoms with van der Waals surface area (Å²) >= 11 is 0. The molecule has 64 heavy (non-hydrogen) atoms. The van der Waals surface area contributed by atoms with Crippen LogP contribution in [-0.2, 0) is 28.6 Å². The van der Waals surface area contributed by atoms with Gasteiger partial charge in [-0.25, -0.2) is 0 Å². The molecule has 0 heterocycles. The minimum absolute atomic E-state index is 0.0948. The third-order valence-corrected chi connectivity index (χ3v) is 10.9. The number of esters is 3. The summed E-state index contributed by atoms with van der Waals surface area (Å²) in [5, 5.41) is 0. The molecule has 0 saturated carbocycles. The molecule has 0 radical (unpaired) electrons. The maximum Gasteiger partial charge on any atom is 0.306 e. The van der Waals surface area contributed by atoms with Gasteiger partial charge in [-0.3, -0.25) is 14.4 Å². The fraction of sp³-hybridized carbons (Fsp3) is 0.672. The summed E-state index contributed by atoms with van der Waals surface area (Å²) in [7, 11) is 0. The largest absolute Gasteiger partial charge is 0.462 e. The van der Waals surface area contributed by atoms with Crippen molar-refractivity contribution in [1.82, 2.24) is 0 Å². The average Bonchev–Trinajstić information content (AvgIpc) is 3.29. The van der Waals surface area contributed by atoms with Crippen LogP contribution < -0.4 is 0 Å². The quantitative estimate of drug-likeness (QED) is 0.0199. The highest BCUT2D eigenvalue weighted by atomic mass is 16.6. The summed E-state index contributed by atoms with van der Waals surface area (Å²) in [5.41, 5.74) is 0. The van der Waals surface area contributed by atoms with E-state index in [-0.39, 0.29) is 31.1 Å². The van der Waals surface area contributed by atoms with Crippen molar-refractivity contribution in [2.45, 2.75) is 239 Å². The summed E-state index contributed by atoms with van der Waals surface area (Å²) in [6.45, 7) is 6.34. The van der Waals surface area contributed by atoms with Crippen molar-refractivity contribution in [3.8, 4) is 0 Å². The van der Waals surface area contributed by atoms with E-state index >= 15 is 0 Å². The van der Waals surface area contributed by atoms with E-state index in [2.05, 4.69) is 99.8 Å². The number of ether oxygens (including phenoxy) is 3. The van der Waals surface area contributed by atoms with Crippen LogP contribution in [-0.4, -0.2) is 37.2 Å². The Bertz CT molecular complexity index is 1300. The van der Waals surface area contributed by atoms with E-state index in [4.69, 9.17) is 14.2 Å². The molecule has 6 nitrogen and oxygen atoms in total. The summed E-state index contributed by atoms with van der Waals surface area (Å²) < 4.78 is 16.8. The van der Waals surface area contributed by atoms with Gasteiger partial charge in [0.1, 0.15) is 13.2 Å². The van der Waals surface area contributed by atoms with Gasteiger partial charge in [-0.1, -0.05) is 214 Å². The van der Waals surface area contributed by atoms with Crippen molar-refractivity contribution in [1.29, 1.82) is 0 Å². The monoisotopic (exact) mass is 889 g/mol. The average molecular weight is 889 g/mol. The molecular weight excluding hydrogens is 793 g/mol. The molecule has 0 fully saturated rings. The summed E-state index contributed by atoms with van der Waals surface area (Å²) in [6, 6.07) is 0. The molecule has 6 heteroatoms. The van der Waals surface area contributed by atoms with Crippen LogP contribution in [0, 0.1) is 0 Å². The molecule has 0 spiro atoms. The van der Waals surface area contributed by atoms with Crippen LogP contribution in [0.25, 0.3) is 0 Å². The first kappa shape index (κ1) is 60.3. The molecular formula is C58H96O6.